The van der Waals surface area contributed by atoms with Crippen molar-refractivity contribution in [3.05, 3.63) is 0 Å². The number of aliphatic hydroxyl groups is 1. The Hall–Kier alpha value is -0.610. The van der Waals surface area contributed by atoms with E-state index in [2.05, 4.69) is 6.92 Å². The fourth-order valence-electron chi connectivity index (χ4n) is 4.10. The summed E-state index contributed by atoms with van der Waals surface area (Å²) in [5, 5.41) is 11.2. The molecule has 4 nitrogen and oxygen atoms in total. The Morgan fingerprint density at radius 3 is 2.62 bits per heavy atom. The average Bonchev–Trinajstić information content (AvgIpc) is 3.10. The van der Waals surface area contributed by atoms with Crippen LogP contribution in [0.2, 0.25) is 0 Å². The Kier molecular flexibility index (Phi) is 3.42. The standard InChI is InChI=1S/C17H28O4/c1-15(2,3)14(18)21-13-6-5-8-17(19)10-12-11(20-12)7-9-16(13,17)4/h11-13,19H,5-10H2,1-4H3/t11-,12+,13+,16+,17-/m1/s1. The Bertz CT molecular complexity index is 441. The van der Waals surface area contributed by atoms with Crippen LogP contribution in [0, 0.1) is 10.8 Å². The Labute approximate surface area is 127 Å². The maximum Gasteiger partial charge on any atom is 0.311 e. The topological polar surface area (TPSA) is 59.1 Å². The highest BCUT2D eigenvalue weighted by Gasteiger charge is 2.61. The molecular formula is C17H28O4. The molecule has 120 valence electrons. The van der Waals surface area contributed by atoms with Crippen molar-refractivity contribution in [2.45, 2.75) is 90.1 Å². The largest absolute Gasteiger partial charge is 0.461 e. The van der Waals surface area contributed by atoms with Crippen LogP contribution in [0.1, 0.15) is 66.2 Å². The van der Waals surface area contributed by atoms with Crippen LogP contribution in [0.25, 0.3) is 0 Å². The zero-order valence-electron chi connectivity index (χ0n) is 13.6. The molecule has 0 aromatic rings. The van der Waals surface area contributed by atoms with E-state index >= 15 is 0 Å². The highest BCUT2D eigenvalue weighted by molar-refractivity contribution is 5.75. The molecule has 0 unspecified atom stereocenters. The maximum atomic E-state index is 12.3. The van der Waals surface area contributed by atoms with E-state index in [4.69, 9.17) is 9.47 Å². The second-order valence-corrected chi connectivity index (χ2v) is 8.44. The second kappa shape index (κ2) is 4.69. The number of ether oxygens (including phenoxy) is 2. The van der Waals surface area contributed by atoms with Gasteiger partial charge in [-0.2, -0.15) is 0 Å². The number of fused-ring (bicyclic) bond motifs is 2. The summed E-state index contributed by atoms with van der Waals surface area (Å²) in [6.45, 7) is 7.74. The summed E-state index contributed by atoms with van der Waals surface area (Å²) in [6, 6.07) is 0. The van der Waals surface area contributed by atoms with E-state index in [-0.39, 0.29) is 23.6 Å². The second-order valence-electron chi connectivity index (χ2n) is 8.44. The van der Waals surface area contributed by atoms with Crippen molar-refractivity contribution < 1.29 is 19.4 Å². The summed E-state index contributed by atoms with van der Waals surface area (Å²) in [6.07, 6.45) is 5.43. The number of carbonyl (C=O) groups is 1. The first-order valence-corrected chi connectivity index (χ1v) is 8.25. The molecule has 1 N–H and O–H groups in total. The molecule has 2 saturated carbocycles. The molecule has 3 rings (SSSR count). The van der Waals surface area contributed by atoms with Crippen LogP contribution in [0.3, 0.4) is 0 Å². The van der Waals surface area contributed by atoms with Gasteiger partial charge in [-0.05, 0) is 52.9 Å². The molecule has 3 aliphatic rings. The SMILES string of the molecule is CC(C)(C)C(=O)O[C@H]1CCC[C@@]2(O)C[C@@H]3O[C@@H]3CC[C@@]12C. The van der Waals surface area contributed by atoms with Crippen molar-refractivity contribution in [1.29, 1.82) is 0 Å². The molecule has 2 aliphatic carbocycles. The van der Waals surface area contributed by atoms with Crippen molar-refractivity contribution >= 4 is 5.97 Å². The van der Waals surface area contributed by atoms with Crippen molar-refractivity contribution in [2.24, 2.45) is 10.8 Å². The minimum absolute atomic E-state index is 0.163. The lowest BCUT2D eigenvalue weighted by Gasteiger charge is -2.52. The number of rotatable bonds is 1. The van der Waals surface area contributed by atoms with Gasteiger partial charge in [-0.25, -0.2) is 0 Å². The number of esters is 1. The van der Waals surface area contributed by atoms with Crippen LogP contribution in [0.5, 0.6) is 0 Å². The predicted octanol–water partition coefficient (Wildman–Crippen LogP) is 2.82. The summed E-state index contributed by atoms with van der Waals surface area (Å²) in [4.78, 5) is 12.3. The summed E-state index contributed by atoms with van der Waals surface area (Å²) in [7, 11) is 0. The van der Waals surface area contributed by atoms with Crippen molar-refractivity contribution in [1.82, 2.24) is 0 Å². The number of carbonyl (C=O) groups excluding carboxylic acids is 1. The third-order valence-electron chi connectivity index (χ3n) is 5.87. The highest BCUT2D eigenvalue weighted by Crippen LogP contribution is 2.56. The van der Waals surface area contributed by atoms with E-state index in [1.807, 2.05) is 20.8 Å². The summed E-state index contributed by atoms with van der Waals surface area (Å²) < 4.78 is 11.5. The lowest BCUT2D eigenvalue weighted by Crippen LogP contribution is -2.57. The van der Waals surface area contributed by atoms with Gasteiger partial charge in [-0.3, -0.25) is 4.79 Å². The Morgan fingerprint density at radius 2 is 1.95 bits per heavy atom. The fraction of sp³-hybridized carbons (Fsp3) is 0.941. The molecule has 0 radical (unpaired) electrons. The van der Waals surface area contributed by atoms with Gasteiger partial charge in [0.1, 0.15) is 6.10 Å². The predicted molar refractivity (Wildman–Crippen MR) is 78.8 cm³/mol. The molecule has 0 aromatic carbocycles. The molecule has 1 heterocycles. The van der Waals surface area contributed by atoms with Crippen molar-refractivity contribution in [3.63, 3.8) is 0 Å². The average molecular weight is 296 g/mol. The molecule has 0 spiro atoms. The molecule has 4 heteroatoms. The quantitative estimate of drug-likeness (QED) is 0.597. The van der Waals surface area contributed by atoms with Crippen LogP contribution < -0.4 is 0 Å². The van der Waals surface area contributed by atoms with E-state index in [0.29, 0.717) is 12.5 Å². The van der Waals surface area contributed by atoms with Crippen LogP contribution in [0.4, 0.5) is 0 Å². The molecule has 21 heavy (non-hydrogen) atoms. The van der Waals surface area contributed by atoms with E-state index in [0.717, 1.165) is 32.1 Å². The van der Waals surface area contributed by atoms with E-state index < -0.39 is 11.0 Å². The van der Waals surface area contributed by atoms with Crippen LogP contribution >= 0.6 is 0 Å². The zero-order chi connectivity index (χ0) is 15.5. The summed E-state index contributed by atoms with van der Waals surface area (Å²) >= 11 is 0. The van der Waals surface area contributed by atoms with Gasteiger partial charge in [-0.15, -0.1) is 0 Å². The lowest BCUT2D eigenvalue weighted by molar-refractivity contribution is -0.202. The molecule has 5 atom stereocenters. The third-order valence-corrected chi connectivity index (χ3v) is 5.87. The molecule has 0 amide bonds. The number of hydrogen-bond acceptors (Lipinski definition) is 4. The van der Waals surface area contributed by atoms with E-state index in [1.54, 1.807) is 0 Å². The van der Waals surface area contributed by atoms with Gasteiger partial charge in [0.25, 0.3) is 0 Å². The fourth-order valence-corrected chi connectivity index (χ4v) is 4.10. The van der Waals surface area contributed by atoms with Gasteiger partial charge in [0, 0.05) is 11.8 Å². The monoisotopic (exact) mass is 296 g/mol. The van der Waals surface area contributed by atoms with Gasteiger partial charge in [0.15, 0.2) is 0 Å². The normalized spacial score (nSPS) is 46.0. The number of epoxide rings is 1. The van der Waals surface area contributed by atoms with E-state index in [1.165, 1.54) is 0 Å². The van der Waals surface area contributed by atoms with Gasteiger partial charge in [0.2, 0.25) is 0 Å². The summed E-state index contributed by atoms with van der Waals surface area (Å²) in [5.74, 6) is -0.163. The highest BCUT2D eigenvalue weighted by atomic mass is 16.6. The molecule has 0 aromatic heterocycles. The zero-order valence-corrected chi connectivity index (χ0v) is 13.6. The molecule has 1 saturated heterocycles. The molecule has 0 bridgehead atoms. The first kappa shape index (κ1) is 15.3. The van der Waals surface area contributed by atoms with Crippen molar-refractivity contribution in [2.75, 3.05) is 0 Å². The van der Waals surface area contributed by atoms with Gasteiger partial charge < -0.3 is 14.6 Å². The summed E-state index contributed by atoms with van der Waals surface area (Å²) in [5.41, 5.74) is -1.60. The minimum Gasteiger partial charge on any atom is -0.461 e. The van der Waals surface area contributed by atoms with Crippen LogP contribution in [-0.2, 0) is 14.3 Å². The van der Waals surface area contributed by atoms with Gasteiger partial charge in [0.05, 0.1) is 23.2 Å². The Morgan fingerprint density at radius 1 is 1.24 bits per heavy atom. The van der Waals surface area contributed by atoms with Gasteiger partial charge >= 0.3 is 5.97 Å². The molecule has 3 fully saturated rings. The lowest BCUT2D eigenvalue weighted by atomic mass is 9.60. The van der Waals surface area contributed by atoms with Crippen LogP contribution in [-0.4, -0.2) is 35.0 Å². The first-order chi connectivity index (χ1) is 9.66. The minimum atomic E-state index is -0.760. The van der Waals surface area contributed by atoms with Crippen molar-refractivity contribution in [3.8, 4) is 0 Å². The molecule has 1 aliphatic heterocycles. The van der Waals surface area contributed by atoms with E-state index in [9.17, 15) is 9.90 Å². The van der Waals surface area contributed by atoms with Gasteiger partial charge in [-0.1, -0.05) is 6.92 Å². The third kappa shape index (κ3) is 2.50. The number of hydrogen-bond donors (Lipinski definition) is 1. The Balaban J connectivity index is 1.82. The first-order valence-electron chi connectivity index (χ1n) is 8.25. The smallest absolute Gasteiger partial charge is 0.311 e. The molecular weight excluding hydrogens is 268 g/mol. The maximum absolute atomic E-state index is 12.3. The van der Waals surface area contributed by atoms with Crippen LogP contribution in [0.15, 0.2) is 0 Å².